The maximum absolute atomic E-state index is 6.31. The third-order valence-electron chi connectivity index (χ3n) is 11.3. The van der Waals surface area contributed by atoms with E-state index in [2.05, 4.69) is 54.3 Å². The molecule has 4 aliphatic rings. The van der Waals surface area contributed by atoms with Gasteiger partial charge in [-0.1, -0.05) is 66.2 Å². The third-order valence-corrected chi connectivity index (χ3v) is 12.4. The summed E-state index contributed by atoms with van der Waals surface area (Å²) in [6.45, 7) is 20.0. The largest absolute Gasteiger partial charge is 0.418 e. The lowest BCUT2D eigenvalue weighted by Crippen LogP contribution is -2.43. The van der Waals surface area contributed by atoms with Crippen molar-refractivity contribution in [2.75, 3.05) is 6.61 Å². The Labute approximate surface area is 244 Å². The van der Waals surface area contributed by atoms with Gasteiger partial charge in [-0.3, -0.25) is 9.98 Å². The molecule has 0 aliphatic heterocycles. The molecule has 0 amide bonds. The van der Waals surface area contributed by atoms with E-state index in [1.54, 1.807) is 0 Å². The fourth-order valence-electron chi connectivity index (χ4n) is 9.15. The number of hydrogen-bond acceptors (Lipinski definition) is 3. The summed E-state index contributed by atoms with van der Waals surface area (Å²) in [7, 11) is -1.49. The monoisotopic (exact) mass is 556 g/mol. The van der Waals surface area contributed by atoms with E-state index >= 15 is 0 Å². The third kappa shape index (κ3) is 8.30. The van der Waals surface area contributed by atoms with E-state index in [9.17, 15) is 0 Å². The topological polar surface area (TPSA) is 34.0 Å². The van der Waals surface area contributed by atoms with Crippen LogP contribution in [-0.4, -0.2) is 38.4 Å². The molecule has 4 rings (SSSR count). The van der Waals surface area contributed by atoms with E-state index < -0.39 is 8.32 Å². The average Bonchev–Trinajstić information content (AvgIpc) is 2.89. The Balaban J connectivity index is 1.65. The van der Waals surface area contributed by atoms with Gasteiger partial charge in [-0.15, -0.1) is 0 Å². The van der Waals surface area contributed by atoms with Gasteiger partial charge in [-0.25, -0.2) is 0 Å². The Bertz CT molecular complexity index is 827. The maximum atomic E-state index is 6.31. The summed E-state index contributed by atoms with van der Waals surface area (Å²) < 4.78 is 6.31. The smallest absolute Gasteiger partial charge is 0.183 e. The highest BCUT2D eigenvalue weighted by molar-refractivity contribution is 6.69. The minimum Gasteiger partial charge on any atom is -0.418 e. The Hall–Kier alpha value is -0.483. The molecule has 0 N–H and O–H groups in total. The highest BCUT2D eigenvalue weighted by Gasteiger charge is 2.43. The lowest BCUT2D eigenvalue weighted by molar-refractivity contribution is 0.0813. The van der Waals surface area contributed by atoms with Gasteiger partial charge in [0.1, 0.15) is 0 Å². The molecular weight excluding hydrogens is 492 g/mol. The summed E-state index contributed by atoms with van der Waals surface area (Å²) in [5, 5.41) is 0. The average molecular weight is 557 g/mol. The van der Waals surface area contributed by atoms with Gasteiger partial charge >= 0.3 is 0 Å². The summed E-state index contributed by atoms with van der Waals surface area (Å²) in [4.78, 5) is 11.6. The molecule has 0 bridgehead atoms. The molecule has 0 saturated heterocycles. The van der Waals surface area contributed by atoms with Crippen molar-refractivity contribution < 1.29 is 4.43 Å². The number of aliphatic imine (C=N–C) groups is 2. The molecule has 224 valence electrons. The second-order valence-electron chi connectivity index (χ2n) is 15.7. The molecule has 0 radical (unpaired) electrons. The summed E-state index contributed by atoms with van der Waals surface area (Å²) in [5.74, 6) is 6.29. The Morgan fingerprint density at radius 2 is 1.18 bits per heavy atom. The second kappa shape index (κ2) is 14.1. The Morgan fingerprint density at radius 3 is 1.67 bits per heavy atom. The molecule has 0 aromatic rings. The lowest BCUT2D eigenvalue weighted by Gasteiger charge is -2.46. The first-order valence-electron chi connectivity index (χ1n) is 17.3. The van der Waals surface area contributed by atoms with Crippen LogP contribution in [0.1, 0.15) is 125 Å². The zero-order valence-electron chi connectivity index (χ0n) is 27.2. The van der Waals surface area contributed by atoms with Gasteiger partial charge in [0, 0.05) is 6.61 Å². The van der Waals surface area contributed by atoms with Gasteiger partial charge in [0.15, 0.2) is 8.32 Å². The molecule has 3 nitrogen and oxygen atoms in total. The van der Waals surface area contributed by atoms with Crippen LogP contribution in [0.5, 0.6) is 0 Å². The quantitative estimate of drug-likeness (QED) is 0.150. The number of rotatable bonds is 10. The van der Waals surface area contributed by atoms with Crippen LogP contribution in [0.25, 0.3) is 0 Å². The molecule has 4 aliphatic carbocycles. The van der Waals surface area contributed by atoms with E-state index in [0.717, 1.165) is 55.0 Å². The van der Waals surface area contributed by atoms with Crippen molar-refractivity contribution in [1.82, 2.24) is 0 Å². The van der Waals surface area contributed by atoms with Crippen molar-refractivity contribution in [2.45, 2.75) is 156 Å². The van der Waals surface area contributed by atoms with Gasteiger partial charge in [0.25, 0.3) is 0 Å². The van der Waals surface area contributed by atoms with Crippen molar-refractivity contribution in [3.63, 3.8) is 0 Å². The van der Waals surface area contributed by atoms with Crippen LogP contribution >= 0.6 is 0 Å². The van der Waals surface area contributed by atoms with Gasteiger partial charge in [0.05, 0.1) is 23.5 Å². The minimum absolute atomic E-state index is 0.497. The van der Waals surface area contributed by atoms with Crippen molar-refractivity contribution in [3.05, 3.63) is 0 Å². The first-order valence-corrected chi connectivity index (χ1v) is 20.7. The Morgan fingerprint density at radius 1 is 0.692 bits per heavy atom. The first-order chi connectivity index (χ1) is 18.5. The van der Waals surface area contributed by atoms with Crippen molar-refractivity contribution >= 4 is 19.7 Å². The molecule has 0 heterocycles. The number of nitrogens with zero attached hydrogens (tertiary/aromatic N) is 2. The number of hydrogen-bond donors (Lipinski definition) is 0. The van der Waals surface area contributed by atoms with E-state index in [4.69, 9.17) is 14.4 Å². The van der Waals surface area contributed by atoms with E-state index in [1.807, 2.05) is 0 Å². The van der Waals surface area contributed by atoms with Gasteiger partial charge < -0.3 is 4.43 Å². The zero-order valence-corrected chi connectivity index (χ0v) is 28.2. The van der Waals surface area contributed by atoms with Gasteiger partial charge in [-0.2, -0.15) is 0 Å². The van der Waals surface area contributed by atoms with Crippen LogP contribution in [0.3, 0.4) is 0 Å². The van der Waals surface area contributed by atoms with Crippen LogP contribution in [0.15, 0.2) is 9.98 Å². The highest BCUT2D eigenvalue weighted by atomic mass is 28.4. The van der Waals surface area contributed by atoms with Crippen molar-refractivity contribution in [3.8, 4) is 0 Å². The molecular formula is C35H64N2OSi. The molecule has 4 fully saturated rings. The molecule has 8 unspecified atom stereocenters. The predicted octanol–water partition coefficient (Wildman–Crippen LogP) is 10.0. The van der Waals surface area contributed by atoms with E-state index in [1.165, 1.54) is 88.5 Å². The molecule has 0 aromatic carbocycles. The van der Waals surface area contributed by atoms with Crippen molar-refractivity contribution in [2.24, 2.45) is 57.3 Å². The summed E-state index contributed by atoms with van der Waals surface area (Å²) in [6.07, 6.45) is 19.1. The van der Waals surface area contributed by atoms with Crippen LogP contribution in [0, 0.1) is 47.3 Å². The van der Waals surface area contributed by atoms with E-state index in [0.29, 0.717) is 23.9 Å². The first kappa shape index (κ1) is 31.5. The minimum atomic E-state index is -1.49. The zero-order chi connectivity index (χ0) is 28.2. The SMILES string of the molecule is CC(=NC1C(C(C)C)CCC2CCCCC21)C(CCCO[Si](C)(C)C)=NC1C(C(C)C)CCC2CCCCC21. The van der Waals surface area contributed by atoms with Crippen LogP contribution in [0.2, 0.25) is 19.6 Å². The molecule has 0 spiro atoms. The summed E-state index contributed by atoms with van der Waals surface area (Å²) in [5.41, 5.74) is 2.63. The molecule has 4 heteroatoms. The van der Waals surface area contributed by atoms with Gasteiger partial charge in [0.2, 0.25) is 0 Å². The van der Waals surface area contributed by atoms with Crippen molar-refractivity contribution in [1.29, 1.82) is 0 Å². The molecule has 8 atom stereocenters. The van der Waals surface area contributed by atoms with Crippen LogP contribution in [0.4, 0.5) is 0 Å². The molecule has 39 heavy (non-hydrogen) atoms. The maximum Gasteiger partial charge on any atom is 0.183 e. The molecule has 4 saturated carbocycles. The van der Waals surface area contributed by atoms with Crippen LogP contribution in [-0.2, 0) is 4.43 Å². The normalized spacial score (nSPS) is 36.7. The number of fused-ring (bicyclic) bond motifs is 2. The predicted molar refractivity (Wildman–Crippen MR) is 173 cm³/mol. The Kier molecular flexibility index (Phi) is 11.4. The highest BCUT2D eigenvalue weighted by Crippen LogP contribution is 2.48. The lowest BCUT2D eigenvalue weighted by atomic mass is 9.62. The standard InChI is InChI=1S/C35H64N2OSi/c1-24(2)29-21-19-27-14-9-11-16-31(27)34(29)36-26(5)33(18-13-23-38-39(6,7)8)37-35-30(25(3)4)22-20-28-15-10-12-17-32(28)35/h24-25,27-32,34-35H,9-23H2,1-8H3. The van der Waals surface area contributed by atoms with E-state index in [-0.39, 0.29) is 0 Å². The summed E-state index contributed by atoms with van der Waals surface area (Å²) >= 11 is 0. The fourth-order valence-corrected chi connectivity index (χ4v) is 9.91. The fraction of sp³-hybridized carbons (Fsp3) is 0.943. The molecule has 0 aromatic heterocycles. The van der Waals surface area contributed by atoms with Gasteiger partial charge in [-0.05, 0) is 125 Å². The van der Waals surface area contributed by atoms with Crippen LogP contribution < -0.4 is 0 Å². The summed E-state index contributed by atoms with van der Waals surface area (Å²) in [6, 6.07) is 0.999. The second-order valence-corrected chi connectivity index (χ2v) is 20.2.